The van der Waals surface area contributed by atoms with Crippen LogP contribution in [0.25, 0.3) is 0 Å². The molecule has 13 heavy (non-hydrogen) atoms. The van der Waals surface area contributed by atoms with Gasteiger partial charge in [0.25, 0.3) is 0 Å². The maximum Gasteiger partial charge on any atom is 0.123 e. The van der Waals surface area contributed by atoms with E-state index in [0.717, 1.165) is 5.56 Å². The Morgan fingerprint density at radius 1 is 1.46 bits per heavy atom. The minimum atomic E-state index is -1.46. The first-order chi connectivity index (χ1) is 7.07. The molecule has 0 saturated carbocycles. The van der Waals surface area contributed by atoms with Crippen molar-refractivity contribution in [2.24, 2.45) is 0 Å². The maximum atomic E-state index is 12.7. The Balaban J connectivity index is 2.04. The molecule has 0 unspecified atom stereocenters. The number of halogens is 1. The van der Waals surface area contributed by atoms with E-state index in [2.05, 4.69) is 5.32 Å². The Bertz CT molecular complexity index is 332. The van der Waals surface area contributed by atoms with Crippen LogP contribution in [0.15, 0.2) is 24.3 Å². The Hall–Kier alpha value is -0.930. The average Bonchev–Trinajstić information content (AvgIpc) is 2.20. The van der Waals surface area contributed by atoms with E-state index in [4.69, 9.17) is 7.48 Å². The van der Waals surface area contributed by atoms with Gasteiger partial charge in [-0.2, -0.15) is 0 Å². The van der Waals surface area contributed by atoms with Crippen LogP contribution in [0.5, 0.6) is 0 Å². The van der Waals surface area contributed by atoms with Crippen LogP contribution < -0.4 is 5.32 Å². The second-order valence-corrected chi connectivity index (χ2v) is 2.91. The lowest BCUT2D eigenvalue weighted by Gasteiger charge is -2.23. The number of ether oxygens (including phenoxy) is 1. The predicted octanol–water partition coefficient (Wildman–Crippen LogP) is 1.49. The van der Waals surface area contributed by atoms with E-state index >= 15 is 0 Å². The van der Waals surface area contributed by atoms with E-state index in [9.17, 15) is 4.39 Å². The van der Waals surface area contributed by atoms with Crippen LogP contribution in [0, 0.1) is 5.82 Å². The number of rotatable bonds is 1. The van der Waals surface area contributed by atoms with Crippen molar-refractivity contribution in [3.05, 3.63) is 35.6 Å². The number of benzene rings is 1. The van der Waals surface area contributed by atoms with Gasteiger partial charge in [-0.25, -0.2) is 4.39 Å². The van der Waals surface area contributed by atoms with Gasteiger partial charge >= 0.3 is 0 Å². The van der Waals surface area contributed by atoms with Gasteiger partial charge in [-0.05, 0) is 17.7 Å². The lowest BCUT2D eigenvalue weighted by atomic mass is 10.1. The van der Waals surface area contributed by atoms with Crippen molar-refractivity contribution in [3.63, 3.8) is 0 Å². The Morgan fingerprint density at radius 2 is 2.23 bits per heavy atom. The second kappa shape index (κ2) is 3.85. The summed E-state index contributed by atoms with van der Waals surface area (Å²) in [5, 5.41) is 2.74. The molecule has 1 N–H and O–H groups in total. The molecule has 70 valence electrons. The van der Waals surface area contributed by atoms with Crippen LogP contribution >= 0.6 is 0 Å². The molecule has 2 rings (SSSR count). The quantitative estimate of drug-likeness (QED) is 0.712. The van der Waals surface area contributed by atoms with E-state index in [1.807, 2.05) is 0 Å². The van der Waals surface area contributed by atoms with E-state index in [1.165, 1.54) is 12.1 Å². The van der Waals surface area contributed by atoms with Crippen molar-refractivity contribution in [3.8, 4) is 0 Å². The van der Waals surface area contributed by atoms with Crippen LogP contribution in [-0.2, 0) is 4.74 Å². The SMILES string of the molecule is [2H]C1([2H])CO[C@@H](c2ccc(F)cc2)CN1. The highest BCUT2D eigenvalue weighted by atomic mass is 19.1. The highest BCUT2D eigenvalue weighted by molar-refractivity contribution is 5.19. The summed E-state index contributed by atoms with van der Waals surface area (Å²) in [7, 11) is 0. The molecule has 1 aliphatic heterocycles. The molecule has 1 fully saturated rings. The minimum absolute atomic E-state index is 0.00897. The summed E-state index contributed by atoms with van der Waals surface area (Å²) in [6.07, 6.45) is -0.200. The number of hydrogen-bond acceptors (Lipinski definition) is 2. The van der Waals surface area contributed by atoms with Crippen molar-refractivity contribution in [2.75, 3.05) is 19.6 Å². The summed E-state index contributed by atoms with van der Waals surface area (Å²) in [6, 6.07) is 6.06. The first kappa shape index (κ1) is 6.51. The predicted molar refractivity (Wildman–Crippen MR) is 48.0 cm³/mol. The van der Waals surface area contributed by atoms with Gasteiger partial charge < -0.3 is 10.1 Å². The lowest BCUT2D eigenvalue weighted by Crippen LogP contribution is -2.33. The summed E-state index contributed by atoms with van der Waals surface area (Å²) in [6.45, 7) is -1.05. The van der Waals surface area contributed by atoms with Gasteiger partial charge in [0.1, 0.15) is 5.82 Å². The van der Waals surface area contributed by atoms with Gasteiger partial charge in [-0.3, -0.25) is 0 Å². The van der Waals surface area contributed by atoms with Gasteiger partial charge in [0.15, 0.2) is 0 Å². The fourth-order valence-electron chi connectivity index (χ4n) is 1.31. The largest absolute Gasteiger partial charge is 0.371 e. The Morgan fingerprint density at radius 3 is 2.85 bits per heavy atom. The zero-order chi connectivity index (χ0) is 10.9. The summed E-state index contributed by atoms with van der Waals surface area (Å²) < 4.78 is 32.8. The fourth-order valence-corrected chi connectivity index (χ4v) is 1.31. The zero-order valence-corrected chi connectivity index (χ0v) is 7.09. The first-order valence-electron chi connectivity index (χ1n) is 5.19. The van der Waals surface area contributed by atoms with Crippen molar-refractivity contribution in [1.82, 2.24) is 5.32 Å². The molecule has 1 aromatic carbocycles. The molecule has 1 heterocycles. The highest BCUT2D eigenvalue weighted by Gasteiger charge is 2.14. The van der Waals surface area contributed by atoms with E-state index in [0.29, 0.717) is 6.54 Å². The third kappa shape index (κ3) is 2.05. The third-order valence-corrected chi connectivity index (χ3v) is 2.01. The van der Waals surface area contributed by atoms with Crippen LogP contribution in [-0.4, -0.2) is 19.6 Å². The van der Waals surface area contributed by atoms with Gasteiger partial charge in [0.05, 0.1) is 12.7 Å². The van der Waals surface area contributed by atoms with Crippen LogP contribution in [0.4, 0.5) is 4.39 Å². The summed E-state index contributed by atoms with van der Waals surface area (Å²) in [4.78, 5) is 0. The van der Waals surface area contributed by atoms with Gasteiger partial charge in [-0.1, -0.05) is 12.1 Å². The summed E-state index contributed by atoms with van der Waals surface area (Å²) >= 11 is 0. The normalized spacial score (nSPS) is 29.2. The Labute approximate surface area is 79.5 Å². The van der Waals surface area contributed by atoms with Crippen molar-refractivity contribution >= 4 is 0 Å². The standard InChI is InChI=1S/C10H12FNO/c11-9-3-1-8(2-4-9)10-7-12-5-6-13-10/h1-4,10,12H,5-7H2/t10-/m1/s1/i5D2. The molecule has 1 atom stereocenters. The first-order valence-corrected chi connectivity index (χ1v) is 4.19. The van der Waals surface area contributed by atoms with E-state index < -0.39 is 6.50 Å². The molecule has 1 aromatic rings. The van der Waals surface area contributed by atoms with E-state index in [1.54, 1.807) is 12.1 Å². The molecule has 0 spiro atoms. The monoisotopic (exact) mass is 183 g/mol. The molecule has 0 amide bonds. The molecule has 0 aromatic heterocycles. The zero-order valence-electron chi connectivity index (χ0n) is 9.09. The molecular formula is C10H12FNO. The van der Waals surface area contributed by atoms with Crippen LogP contribution in [0.1, 0.15) is 14.4 Å². The fraction of sp³-hybridized carbons (Fsp3) is 0.400. The lowest BCUT2D eigenvalue weighted by molar-refractivity contribution is 0.0276. The van der Waals surface area contributed by atoms with E-state index in [-0.39, 0.29) is 18.5 Å². The molecule has 1 saturated heterocycles. The average molecular weight is 183 g/mol. The Kier molecular flexibility index (Phi) is 1.93. The number of morpholine rings is 1. The molecule has 1 aliphatic rings. The second-order valence-electron chi connectivity index (χ2n) is 2.91. The van der Waals surface area contributed by atoms with Crippen molar-refractivity contribution < 1.29 is 11.9 Å². The van der Waals surface area contributed by atoms with Crippen LogP contribution in [0.3, 0.4) is 0 Å². The molecule has 0 aliphatic carbocycles. The minimum Gasteiger partial charge on any atom is -0.371 e. The topological polar surface area (TPSA) is 21.3 Å². The molecule has 3 heteroatoms. The van der Waals surface area contributed by atoms with Crippen molar-refractivity contribution in [2.45, 2.75) is 6.10 Å². The molecule has 2 nitrogen and oxygen atoms in total. The highest BCUT2D eigenvalue weighted by Crippen LogP contribution is 2.18. The van der Waals surface area contributed by atoms with Gasteiger partial charge in [0, 0.05) is 15.8 Å². The van der Waals surface area contributed by atoms with Crippen LogP contribution in [0.2, 0.25) is 0 Å². The number of nitrogens with one attached hydrogen (secondary N) is 1. The summed E-state index contributed by atoms with van der Waals surface area (Å²) in [5.74, 6) is -0.280. The molecular weight excluding hydrogens is 169 g/mol. The van der Waals surface area contributed by atoms with Gasteiger partial charge in [0.2, 0.25) is 0 Å². The molecule has 0 radical (unpaired) electrons. The smallest absolute Gasteiger partial charge is 0.123 e. The third-order valence-electron chi connectivity index (χ3n) is 2.01. The maximum absolute atomic E-state index is 12.7. The van der Waals surface area contributed by atoms with Crippen molar-refractivity contribution in [1.29, 1.82) is 0 Å². The summed E-state index contributed by atoms with van der Waals surface area (Å²) in [5.41, 5.74) is 0.861. The van der Waals surface area contributed by atoms with Gasteiger partial charge in [-0.15, -0.1) is 0 Å². The molecule has 0 bridgehead atoms. The number of hydrogen-bond donors (Lipinski definition) is 1.